The number of benzene rings is 2. The number of hydrogen-bond acceptors (Lipinski definition) is 6. The van der Waals surface area contributed by atoms with Crippen LogP contribution in [0.2, 0.25) is 0 Å². The van der Waals surface area contributed by atoms with Crippen molar-refractivity contribution in [3.05, 3.63) is 68.6 Å². The molecule has 2 aromatic carbocycles. The molecule has 7 heteroatoms. The lowest BCUT2D eigenvalue weighted by atomic mass is 10.0. The molecule has 0 radical (unpaired) electrons. The number of non-ortho nitro benzene ring substituents is 1. The first-order chi connectivity index (χ1) is 11.0. The summed E-state index contributed by atoms with van der Waals surface area (Å²) in [4.78, 5) is 33.4. The summed E-state index contributed by atoms with van der Waals surface area (Å²) >= 11 is 0. The van der Waals surface area contributed by atoms with Crippen LogP contribution in [0.25, 0.3) is 22.1 Å². The van der Waals surface area contributed by atoms with E-state index in [1.807, 2.05) is 0 Å². The molecule has 3 aromatic rings. The minimum Gasteiger partial charge on any atom is -0.507 e. The van der Waals surface area contributed by atoms with E-state index in [0.717, 1.165) is 0 Å². The average Bonchev–Trinajstić information content (AvgIpc) is 2.54. The van der Waals surface area contributed by atoms with Crippen LogP contribution < -0.4 is 5.43 Å². The number of rotatable bonds is 3. The Morgan fingerprint density at radius 1 is 1.17 bits per heavy atom. The molecule has 7 nitrogen and oxygen atoms in total. The van der Waals surface area contributed by atoms with Gasteiger partial charge in [-0.3, -0.25) is 19.7 Å². The lowest BCUT2D eigenvalue weighted by molar-refractivity contribution is -0.384. The summed E-state index contributed by atoms with van der Waals surface area (Å²) in [5.74, 6) is -0.359. The predicted octanol–water partition coefficient (Wildman–Crippen LogP) is 2.89. The second kappa shape index (κ2) is 5.38. The Hall–Kier alpha value is -3.48. The molecular weight excluding hydrogens is 302 g/mol. The topological polar surface area (TPSA) is 111 Å². The fourth-order valence-electron chi connectivity index (χ4n) is 2.28. The molecule has 0 saturated carbocycles. The van der Waals surface area contributed by atoms with Gasteiger partial charge in [0, 0.05) is 17.7 Å². The van der Waals surface area contributed by atoms with Crippen molar-refractivity contribution in [2.75, 3.05) is 0 Å². The number of phenols is 1. The number of aldehydes is 1. The molecule has 0 aliphatic rings. The van der Waals surface area contributed by atoms with E-state index in [0.29, 0.717) is 11.8 Å². The highest BCUT2D eigenvalue weighted by Crippen LogP contribution is 2.27. The van der Waals surface area contributed by atoms with Gasteiger partial charge in [-0.25, -0.2) is 0 Å². The molecule has 1 aromatic heterocycles. The zero-order valence-electron chi connectivity index (χ0n) is 11.6. The standard InChI is InChI=1S/C16H9NO6/c18-7-9-5-13(19)15-14(6-9)23-8-12(16(15)20)10-1-3-11(4-2-10)17(21)22/h1-8,19H. The second-order valence-electron chi connectivity index (χ2n) is 4.81. The van der Waals surface area contributed by atoms with E-state index in [4.69, 9.17) is 4.42 Å². The van der Waals surface area contributed by atoms with Crippen LogP contribution in [-0.2, 0) is 0 Å². The number of nitro benzene ring substituents is 1. The van der Waals surface area contributed by atoms with Gasteiger partial charge >= 0.3 is 0 Å². The van der Waals surface area contributed by atoms with E-state index < -0.39 is 10.4 Å². The monoisotopic (exact) mass is 311 g/mol. The molecule has 0 unspecified atom stereocenters. The molecular formula is C16H9NO6. The summed E-state index contributed by atoms with van der Waals surface area (Å²) in [5, 5.41) is 20.6. The minimum absolute atomic E-state index is 0.0496. The minimum atomic E-state index is -0.542. The van der Waals surface area contributed by atoms with Crippen molar-refractivity contribution in [3.63, 3.8) is 0 Å². The fourth-order valence-corrected chi connectivity index (χ4v) is 2.28. The molecule has 0 amide bonds. The zero-order valence-corrected chi connectivity index (χ0v) is 11.6. The molecule has 0 aliphatic heterocycles. The van der Waals surface area contributed by atoms with Crippen LogP contribution in [0.15, 0.2) is 51.9 Å². The number of carbonyl (C=O) groups is 1. The van der Waals surface area contributed by atoms with Crippen LogP contribution in [0.3, 0.4) is 0 Å². The molecule has 0 fully saturated rings. The van der Waals surface area contributed by atoms with Crippen molar-refractivity contribution in [2.45, 2.75) is 0 Å². The first-order valence-corrected chi connectivity index (χ1v) is 6.50. The smallest absolute Gasteiger partial charge is 0.269 e. The maximum atomic E-state index is 12.5. The molecule has 0 spiro atoms. The molecule has 3 rings (SSSR count). The predicted molar refractivity (Wildman–Crippen MR) is 81.6 cm³/mol. The Bertz CT molecular complexity index is 988. The van der Waals surface area contributed by atoms with E-state index in [-0.39, 0.29) is 33.5 Å². The fraction of sp³-hybridized carbons (Fsp3) is 0. The van der Waals surface area contributed by atoms with Crippen LogP contribution >= 0.6 is 0 Å². The quantitative estimate of drug-likeness (QED) is 0.452. The van der Waals surface area contributed by atoms with E-state index in [1.54, 1.807) is 0 Å². The summed E-state index contributed by atoms with van der Waals surface area (Å²) in [7, 11) is 0. The molecule has 0 atom stereocenters. The van der Waals surface area contributed by atoms with Crippen molar-refractivity contribution in [1.29, 1.82) is 0 Å². The number of nitrogens with zero attached hydrogens (tertiary/aromatic N) is 1. The molecule has 0 saturated heterocycles. The van der Waals surface area contributed by atoms with Gasteiger partial charge in [0.2, 0.25) is 5.43 Å². The molecule has 23 heavy (non-hydrogen) atoms. The summed E-state index contributed by atoms with van der Waals surface area (Å²) in [5.41, 5.74) is 0.253. The van der Waals surface area contributed by atoms with Crippen molar-refractivity contribution in [2.24, 2.45) is 0 Å². The van der Waals surface area contributed by atoms with E-state index >= 15 is 0 Å². The number of carbonyl (C=O) groups excluding carboxylic acids is 1. The van der Waals surface area contributed by atoms with Gasteiger partial charge in [0.15, 0.2) is 0 Å². The maximum absolute atomic E-state index is 12.5. The third-order valence-electron chi connectivity index (χ3n) is 3.40. The van der Waals surface area contributed by atoms with Gasteiger partial charge in [-0.1, -0.05) is 0 Å². The van der Waals surface area contributed by atoms with E-state index in [2.05, 4.69) is 0 Å². The Balaban J connectivity index is 2.21. The highest BCUT2D eigenvalue weighted by molar-refractivity contribution is 5.91. The second-order valence-corrected chi connectivity index (χ2v) is 4.81. The van der Waals surface area contributed by atoms with Crippen LogP contribution in [0, 0.1) is 10.1 Å². The first-order valence-electron chi connectivity index (χ1n) is 6.50. The zero-order chi connectivity index (χ0) is 16.6. The molecule has 1 N–H and O–H groups in total. The summed E-state index contributed by atoms with van der Waals surface area (Å²) in [6.07, 6.45) is 1.73. The van der Waals surface area contributed by atoms with Gasteiger partial charge in [0.1, 0.15) is 29.3 Å². The number of fused-ring (bicyclic) bond motifs is 1. The van der Waals surface area contributed by atoms with Crippen molar-refractivity contribution in [3.8, 4) is 16.9 Å². The van der Waals surface area contributed by atoms with E-state index in [1.165, 1.54) is 42.7 Å². The number of aromatic hydroxyl groups is 1. The van der Waals surface area contributed by atoms with Crippen LogP contribution in [0.4, 0.5) is 5.69 Å². The van der Waals surface area contributed by atoms with Crippen molar-refractivity contribution in [1.82, 2.24) is 0 Å². The molecule has 1 heterocycles. The Morgan fingerprint density at radius 3 is 2.48 bits per heavy atom. The van der Waals surface area contributed by atoms with Crippen molar-refractivity contribution < 1.29 is 19.2 Å². The largest absolute Gasteiger partial charge is 0.507 e. The van der Waals surface area contributed by atoms with Gasteiger partial charge in [0.25, 0.3) is 5.69 Å². The van der Waals surface area contributed by atoms with Gasteiger partial charge in [-0.15, -0.1) is 0 Å². The number of phenolic OH excluding ortho intramolecular Hbond substituents is 1. The van der Waals surface area contributed by atoms with Crippen LogP contribution in [0.5, 0.6) is 5.75 Å². The first kappa shape index (κ1) is 14.5. The number of hydrogen-bond donors (Lipinski definition) is 1. The van der Waals surface area contributed by atoms with Gasteiger partial charge in [-0.2, -0.15) is 0 Å². The lowest BCUT2D eigenvalue weighted by Crippen LogP contribution is -2.05. The van der Waals surface area contributed by atoms with Crippen LogP contribution in [-0.4, -0.2) is 16.3 Å². The van der Waals surface area contributed by atoms with Gasteiger partial charge in [-0.05, 0) is 29.8 Å². The third kappa shape index (κ3) is 2.44. The lowest BCUT2D eigenvalue weighted by Gasteiger charge is -2.05. The van der Waals surface area contributed by atoms with E-state index in [9.17, 15) is 24.8 Å². The normalized spacial score (nSPS) is 10.6. The highest BCUT2D eigenvalue weighted by atomic mass is 16.6. The Morgan fingerprint density at radius 2 is 1.87 bits per heavy atom. The molecule has 114 valence electrons. The van der Waals surface area contributed by atoms with Crippen molar-refractivity contribution >= 4 is 22.9 Å². The summed E-state index contributed by atoms with van der Waals surface area (Å²) < 4.78 is 5.33. The van der Waals surface area contributed by atoms with Gasteiger partial charge < -0.3 is 9.52 Å². The van der Waals surface area contributed by atoms with Gasteiger partial charge in [0.05, 0.1) is 10.5 Å². The third-order valence-corrected chi connectivity index (χ3v) is 3.40. The summed E-state index contributed by atoms with van der Waals surface area (Å²) in [6, 6.07) is 7.91. The molecule has 0 bridgehead atoms. The average molecular weight is 311 g/mol. The Kier molecular flexibility index (Phi) is 3.38. The summed E-state index contributed by atoms with van der Waals surface area (Å²) in [6.45, 7) is 0. The molecule has 0 aliphatic carbocycles. The van der Waals surface area contributed by atoms with Crippen LogP contribution in [0.1, 0.15) is 10.4 Å². The Labute approximate surface area is 128 Å². The number of nitro groups is 1. The highest BCUT2D eigenvalue weighted by Gasteiger charge is 2.14. The SMILES string of the molecule is O=Cc1cc(O)c2c(=O)c(-c3ccc([N+](=O)[O-])cc3)coc2c1. The maximum Gasteiger partial charge on any atom is 0.269 e.